The quantitative estimate of drug-likeness (QED) is 0.850. The summed E-state index contributed by atoms with van der Waals surface area (Å²) in [7, 11) is 0. The molecule has 0 spiro atoms. The van der Waals surface area contributed by atoms with Crippen LogP contribution in [0.3, 0.4) is 0 Å². The maximum Gasteiger partial charge on any atom is 0.338 e. The average molecular weight is 376 g/mol. The number of carbonyl (C=O) groups is 2. The average Bonchev–Trinajstić information content (AvgIpc) is 2.68. The normalized spacial score (nSPS) is 10.5. The lowest BCUT2D eigenvalue weighted by Crippen LogP contribution is -2.16. The summed E-state index contributed by atoms with van der Waals surface area (Å²) in [6.07, 6.45) is 0. The van der Waals surface area contributed by atoms with Crippen LogP contribution < -0.4 is 5.32 Å². The molecular formula is C13H8BrF2NO3S. The van der Waals surface area contributed by atoms with Crippen molar-refractivity contribution >= 4 is 44.1 Å². The summed E-state index contributed by atoms with van der Waals surface area (Å²) in [4.78, 5) is 23.6. The Morgan fingerprint density at radius 1 is 1.24 bits per heavy atom. The Balaban J connectivity index is 2.37. The van der Waals surface area contributed by atoms with E-state index in [0.717, 1.165) is 23.5 Å². The van der Waals surface area contributed by atoms with Crippen LogP contribution in [-0.4, -0.2) is 17.0 Å². The lowest BCUT2D eigenvalue weighted by Gasteiger charge is -2.07. The van der Waals surface area contributed by atoms with Gasteiger partial charge in [-0.2, -0.15) is 0 Å². The Morgan fingerprint density at radius 3 is 2.33 bits per heavy atom. The Bertz CT molecular complexity index is 722. The van der Waals surface area contributed by atoms with Crippen LogP contribution in [0.4, 0.5) is 13.8 Å². The maximum absolute atomic E-state index is 13.7. The van der Waals surface area contributed by atoms with Gasteiger partial charge in [-0.1, -0.05) is 15.9 Å². The topological polar surface area (TPSA) is 66.4 Å². The van der Waals surface area contributed by atoms with Crippen LogP contribution in [-0.2, 0) is 0 Å². The van der Waals surface area contributed by atoms with Gasteiger partial charge in [0.1, 0.15) is 22.2 Å². The number of carboxylic acids is 1. The minimum Gasteiger partial charge on any atom is -0.478 e. The molecular weight excluding hydrogens is 368 g/mol. The molecule has 0 radical (unpaired) electrons. The van der Waals surface area contributed by atoms with Crippen LogP contribution in [0.5, 0.6) is 0 Å². The monoisotopic (exact) mass is 375 g/mol. The fraction of sp³-hybridized carbons (Fsp3) is 0.0769. The van der Waals surface area contributed by atoms with E-state index >= 15 is 0 Å². The van der Waals surface area contributed by atoms with Gasteiger partial charge in [0.05, 0.1) is 5.56 Å². The standard InChI is InChI=1S/C13H8BrF2NO3S/c1-5-2-7(13(19)20)12(21-5)17-11(18)10-8(15)3-6(14)4-9(10)16/h2-4H,1H3,(H,17,18)(H,19,20). The second-order valence-corrected chi connectivity index (χ2v) is 6.28. The van der Waals surface area contributed by atoms with E-state index in [9.17, 15) is 18.4 Å². The van der Waals surface area contributed by atoms with Crippen molar-refractivity contribution in [2.24, 2.45) is 0 Å². The number of halogens is 3. The molecule has 2 rings (SSSR count). The molecule has 0 aliphatic carbocycles. The summed E-state index contributed by atoms with van der Waals surface area (Å²) in [6, 6.07) is 3.28. The molecule has 1 aromatic carbocycles. The van der Waals surface area contributed by atoms with E-state index in [1.807, 2.05) is 0 Å². The number of anilines is 1. The van der Waals surface area contributed by atoms with Gasteiger partial charge in [-0.3, -0.25) is 4.79 Å². The van der Waals surface area contributed by atoms with Crippen molar-refractivity contribution in [1.82, 2.24) is 0 Å². The molecule has 0 unspecified atom stereocenters. The largest absolute Gasteiger partial charge is 0.478 e. The lowest BCUT2D eigenvalue weighted by atomic mass is 10.2. The molecule has 4 nitrogen and oxygen atoms in total. The molecule has 0 fully saturated rings. The molecule has 1 heterocycles. The first-order valence-corrected chi connectivity index (χ1v) is 7.20. The number of benzene rings is 1. The van der Waals surface area contributed by atoms with Gasteiger partial charge in [-0.15, -0.1) is 11.3 Å². The Hall–Kier alpha value is -1.80. The third-order valence-corrected chi connectivity index (χ3v) is 3.97. The van der Waals surface area contributed by atoms with Crippen LogP contribution in [0.1, 0.15) is 25.6 Å². The summed E-state index contributed by atoms with van der Waals surface area (Å²) < 4.78 is 27.5. The van der Waals surface area contributed by atoms with Crippen LogP contribution in [0.15, 0.2) is 22.7 Å². The third-order valence-electron chi connectivity index (χ3n) is 2.55. The van der Waals surface area contributed by atoms with E-state index in [-0.39, 0.29) is 15.0 Å². The van der Waals surface area contributed by atoms with Crippen molar-refractivity contribution in [3.8, 4) is 0 Å². The Labute approximate surface area is 130 Å². The summed E-state index contributed by atoms with van der Waals surface area (Å²) >= 11 is 3.92. The number of nitrogens with one attached hydrogen (secondary N) is 1. The first-order chi connectivity index (χ1) is 9.79. The molecule has 21 heavy (non-hydrogen) atoms. The molecule has 0 atom stereocenters. The van der Waals surface area contributed by atoms with Crippen LogP contribution in [0.25, 0.3) is 0 Å². The predicted octanol–water partition coefficient (Wildman–Crippen LogP) is 4.05. The molecule has 0 aliphatic rings. The van der Waals surface area contributed by atoms with Gasteiger partial charge >= 0.3 is 5.97 Å². The van der Waals surface area contributed by atoms with E-state index in [0.29, 0.717) is 4.88 Å². The highest BCUT2D eigenvalue weighted by Gasteiger charge is 2.22. The van der Waals surface area contributed by atoms with Gasteiger partial charge in [0, 0.05) is 9.35 Å². The zero-order valence-electron chi connectivity index (χ0n) is 10.5. The van der Waals surface area contributed by atoms with E-state index in [1.165, 1.54) is 6.07 Å². The van der Waals surface area contributed by atoms with Gasteiger partial charge in [-0.05, 0) is 25.1 Å². The van der Waals surface area contributed by atoms with Crippen LogP contribution >= 0.6 is 27.3 Å². The number of aryl methyl sites for hydroxylation is 1. The Kier molecular flexibility index (Phi) is 4.38. The second-order valence-electron chi connectivity index (χ2n) is 4.10. The SMILES string of the molecule is Cc1cc(C(=O)O)c(NC(=O)c2c(F)cc(Br)cc2F)s1. The number of carboxylic acid groups (broad SMARTS) is 1. The molecule has 2 aromatic rings. The minimum atomic E-state index is -1.23. The fourth-order valence-corrected chi connectivity index (χ4v) is 2.99. The van der Waals surface area contributed by atoms with Crippen molar-refractivity contribution in [2.45, 2.75) is 6.92 Å². The van der Waals surface area contributed by atoms with Crippen molar-refractivity contribution in [3.63, 3.8) is 0 Å². The van der Waals surface area contributed by atoms with Gasteiger partial charge in [0.15, 0.2) is 0 Å². The Morgan fingerprint density at radius 2 is 1.81 bits per heavy atom. The molecule has 0 aliphatic heterocycles. The first-order valence-electron chi connectivity index (χ1n) is 5.59. The molecule has 1 aromatic heterocycles. The second kappa shape index (κ2) is 5.90. The highest BCUT2D eigenvalue weighted by atomic mass is 79.9. The summed E-state index contributed by atoms with van der Waals surface area (Å²) in [5.41, 5.74) is -0.885. The highest BCUT2D eigenvalue weighted by molar-refractivity contribution is 9.10. The van der Waals surface area contributed by atoms with Crippen molar-refractivity contribution < 1.29 is 23.5 Å². The summed E-state index contributed by atoms with van der Waals surface area (Å²) in [5, 5.41) is 11.3. The third kappa shape index (κ3) is 3.27. The molecule has 8 heteroatoms. The van der Waals surface area contributed by atoms with Crippen molar-refractivity contribution in [1.29, 1.82) is 0 Å². The number of carbonyl (C=O) groups excluding carboxylic acids is 1. The number of hydrogen-bond acceptors (Lipinski definition) is 3. The van der Waals surface area contributed by atoms with Crippen LogP contribution in [0.2, 0.25) is 0 Å². The van der Waals surface area contributed by atoms with E-state index < -0.39 is 29.1 Å². The van der Waals surface area contributed by atoms with E-state index in [2.05, 4.69) is 21.2 Å². The number of hydrogen-bond donors (Lipinski definition) is 2. The predicted molar refractivity (Wildman–Crippen MR) is 78.0 cm³/mol. The molecule has 2 N–H and O–H groups in total. The van der Waals surface area contributed by atoms with Gasteiger partial charge in [0.25, 0.3) is 5.91 Å². The van der Waals surface area contributed by atoms with Gasteiger partial charge in [-0.25, -0.2) is 13.6 Å². The smallest absolute Gasteiger partial charge is 0.338 e. The number of aromatic carboxylic acids is 1. The zero-order valence-corrected chi connectivity index (χ0v) is 12.9. The fourth-order valence-electron chi connectivity index (χ4n) is 1.69. The summed E-state index contributed by atoms with van der Waals surface area (Å²) in [6.45, 7) is 1.66. The number of thiophene rings is 1. The first kappa shape index (κ1) is 15.6. The van der Waals surface area contributed by atoms with Gasteiger partial charge < -0.3 is 10.4 Å². The molecule has 0 saturated carbocycles. The van der Waals surface area contributed by atoms with Crippen molar-refractivity contribution in [2.75, 3.05) is 5.32 Å². The molecule has 110 valence electrons. The van der Waals surface area contributed by atoms with E-state index in [4.69, 9.17) is 5.11 Å². The van der Waals surface area contributed by atoms with Gasteiger partial charge in [0.2, 0.25) is 0 Å². The molecule has 0 bridgehead atoms. The number of rotatable bonds is 3. The van der Waals surface area contributed by atoms with Crippen molar-refractivity contribution in [3.05, 3.63) is 50.3 Å². The maximum atomic E-state index is 13.7. The van der Waals surface area contributed by atoms with E-state index in [1.54, 1.807) is 6.92 Å². The minimum absolute atomic E-state index is 0.0340. The molecule has 0 saturated heterocycles. The lowest BCUT2D eigenvalue weighted by molar-refractivity contribution is 0.0698. The molecule has 1 amide bonds. The zero-order chi connectivity index (χ0) is 15.7. The van der Waals surface area contributed by atoms with Crippen LogP contribution in [0, 0.1) is 18.6 Å². The number of amides is 1. The highest BCUT2D eigenvalue weighted by Crippen LogP contribution is 2.29. The summed E-state index contributed by atoms with van der Waals surface area (Å²) in [5.74, 6) is -4.35.